The monoisotopic (exact) mass is 459 g/mol. The van der Waals surface area contributed by atoms with Gasteiger partial charge in [0.05, 0.1) is 17.1 Å². The molecule has 4 heteroatoms. The summed E-state index contributed by atoms with van der Waals surface area (Å²) < 4.78 is 6.47. The van der Waals surface area contributed by atoms with Crippen molar-refractivity contribution in [2.75, 3.05) is 44.2 Å². The molecule has 2 aromatic carbocycles. The van der Waals surface area contributed by atoms with Crippen LogP contribution in [-0.2, 0) is 0 Å². The smallest absolute Gasteiger partial charge is 0.129 e. The van der Waals surface area contributed by atoms with Gasteiger partial charge in [0.25, 0.3) is 0 Å². The van der Waals surface area contributed by atoms with Crippen molar-refractivity contribution in [3.8, 4) is 17.0 Å². The summed E-state index contributed by atoms with van der Waals surface area (Å²) in [6.45, 7) is 17.2. The summed E-state index contributed by atoms with van der Waals surface area (Å²) in [4.78, 5) is 10.3. The third kappa shape index (κ3) is 5.22. The number of nitrogens with zero attached hydrogens (tertiary/aromatic N) is 3. The van der Waals surface area contributed by atoms with Gasteiger partial charge in [0, 0.05) is 36.0 Å². The summed E-state index contributed by atoms with van der Waals surface area (Å²) in [5.74, 6) is 0.959. The van der Waals surface area contributed by atoms with E-state index in [1.165, 1.54) is 53.5 Å². The van der Waals surface area contributed by atoms with Crippen LogP contribution < -0.4 is 9.64 Å². The average molecular weight is 460 g/mol. The molecule has 0 amide bonds. The van der Waals surface area contributed by atoms with E-state index in [2.05, 4.69) is 80.8 Å². The zero-order chi connectivity index (χ0) is 24.1. The molecule has 2 heterocycles. The second kappa shape index (κ2) is 11.2. The predicted octanol–water partition coefficient (Wildman–Crippen LogP) is 6.93. The van der Waals surface area contributed by atoms with Crippen molar-refractivity contribution < 1.29 is 4.74 Å². The number of anilines is 1. The number of hydrogen-bond donors (Lipinski definition) is 0. The lowest BCUT2D eigenvalue weighted by Gasteiger charge is -2.28. The van der Waals surface area contributed by atoms with E-state index in [1.54, 1.807) is 0 Å². The van der Waals surface area contributed by atoms with Crippen molar-refractivity contribution >= 4 is 16.5 Å². The van der Waals surface area contributed by atoms with Gasteiger partial charge in [-0.25, -0.2) is 0 Å². The van der Waals surface area contributed by atoms with Crippen molar-refractivity contribution in [3.05, 3.63) is 53.2 Å². The van der Waals surface area contributed by atoms with E-state index < -0.39 is 0 Å². The molecule has 1 aromatic heterocycles. The highest BCUT2D eigenvalue weighted by Crippen LogP contribution is 2.41. The minimum atomic E-state index is 0.714. The molecule has 0 radical (unpaired) electrons. The number of likely N-dealkylation sites (tertiary alicyclic amines) is 1. The zero-order valence-corrected chi connectivity index (χ0v) is 21.8. The van der Waals surface area contributed by atoms with E-state index in [4.69, 9.17) is 9.72 Å². The highest BCUT2D eigenvalue weighted by Gasteiger charge is 2.21. The number of fused-ring (bicyclic) bond motifs is 1. The molecule has 0 aliphatic carbocycles. The molecule has 1 saturated heterocycles. The van der Waals surface area contributed by atoms with Crippen molar-refractivity contribution in [3.63, 3.8) is 0 Å². The average Bonchev–Trinajstić information content (AvgIpc) is 3.32. The number of aromatic nitrogens is 1. The second-order valence-corrected chi connectivity index (χ2v) is 9.78. The lowest BCUT2D eigenvalue weighted by molar-refractivity contribution is 0.238. The molecule has 0 spiro atoms. The third-order valence-corrected chi connectivity index (χ3v) is 6.91. The van der Waals surface area contributed by atoms with Gasteiger partial charge in [-0.2, -0.15) is 0 Å². The van der Waals surface area contributed by atoms with Crippen LogP contribution >= 0.6 is 0 Å². The molecular formula is C30H41N3O. The summed E-state index contributed by atoms with van der Waals surface area (Å²) in [6, 6.07) is 13.2. The maximum absolute atomic E-state index is 6.47. The summed E-state index contributed by atoms with van der Waals surface area (Å²) in [5, 5.41) is 2.49. The van der Waals surface area contributed by atoms with Gasteiger partial charge < -0.3 is 9.64 Å². The van der Waals surface area contributed by atoms with Gasteiger partial charge in [-0.1, -0.05) is 44.2 Å². The fraction of sp³-hybridized carbons (Fsp3) is 0.500. The summed E-state index contributed by atoms with van der Waals surface area (Å²) in [6.07, 6.45) is 4.87. The van der Waals surface area contributed by atoms with Crippen LogP contribution in [0.4, 0.5) is 5.69 Å². The lowest BCUT2D eigenvalue weighted by atomic mass is 9.95. The maximum Gasteiger partial charge on any atom is 0.129 e. The molecule has 182 valence electrons. The molecule has 34 heavy (non-hydrogen) atoms. The highest BCUT2D eigenvalue weighted by atomic mass is 16.5. The molecule has 1 fully saturated rings. The van der Waals surface area contributed by atoms with Crippen molar-refractivity contribution in [1.29, 1.82) is 0 Å². The Labute approximate surface area is 205 Å². The first kappa shape index (κ1) is 24.5. The number of aryl methyl sites for hydroxylation is 3. The van der Waals surface area contributed by atoms with Crippen molar-refractivity contribution in [2.45, 2.75) is 60.3 Å². The van der Waals surface area contributed by atoms with E-state index in [-0.39, 0.29) is 0 Å². The Kier molecular flexibility index (Phi) is 8.10. The van der Waals surface area contributed by atoms with Crippen LogP contribution in [0.5, 0.6) is 5.75 Å². The Hall–Kier alpha value is -2.59. The van der Waals surface area contributed by atoms with Crippen LogP contribution in [0.1, 0.15) is 56.4 Å². The molecule has 0 unspecified atom stereocenters. The topological polar surface area (TPSA) is 28.6 Å². The van der Waals surface area contributed by atoms with Crippen LogP contribution in [-0.4, -0.2) is 49.2 Å². The minimum Gasteiger partial charge on any atom is -0.492 e. The molecule has 1 aliphatic rings. The van der Waals surface area contributed by atoms with Crippen LogP contribution in [0.3, 0.4) is 0 Å². The first-order chi connectivity index (χ1) is 16.5. The van der Waals surface area contributed by atoms with Crippen molar-refractivity contribution in [2.24, 2.45) is 0 Å². The molecule has 1 aliphatic heterocycles. The first-order valence-corrected chi connectivity index (χ1v) is 13.1. The molecule has 3 aromatic rings. The summed E-state index contributed by atoms with van der Waals surface area (Å²) >= 11 is 0. The van der Waals surface area contributed by atoms with Gasteiger partial charge in [-0.15, -0.1) is 0 Å². The van der Waals surface area contributed by atoms with Gasteiger partial charge in [-0.05, 0) is 76.7 Å². The fourth-order valence-corrected chi connectivity index (χ4v) is 5.47. The van der Waals surface area contributed by atoms with Crippen LogP contribution in [0.25, 0.3) is 22.0 Å². The van der Waals surface area contributed by atoms with Gasteiger partial charge in [0.1, 0.15) is 12.4 Å². The Morgan fingerprint density at radius 1 is 0.941 bits per heavy atom. The number of rotatable bonds is 10. The fourth-order valence-electron chi connectivity index (χ4n) is 5.47. The van der Waals surface area contributed by atoms with Gasteiger partial charge in [0.15, 0.2) is 0 Å². The molecular weight excluding hydrogens is 418 g/mol. The maximum atomic E-state index is 6.47. The number of hydrogen-bond acceptors (Lipinski definition) is 4. The molecule has 0 bridgehead atoms. The second-order valence-electron chi connectivity index (χ2n) is 9.78. The Bertz CT molecular complexity index is 1110. The van der Waals surface area contributed by atoms with Gasteiger partial charge in [-0.3, -0.25) is 9.88 Å². The van der Waals surface area contributed by atoms with Crippen LogP contribution in [0.2, 0.25) is 0 Å². The number of pyridine rings is 1. The Balaban J connectivity index is 1.80. The predicted molar refractivity (Wildman–Crippen MR) is 145 cm³/mol. The minimum absolute atomic E-state index is 0.714. The molecule has 4 rings (SSSR count). The van der Waals surface area contributed by atoms with E-state index in [9.17, 15) is 0 Å². The lowest BCUT2D eigenvalue weighted by Crippen LogP contribution is -2.26. The SMILES string of the molecule is CCCN(CCC)c1c(C)nc(-c2c(C)cc(C)cc2OCCN2CCCC2)c2ccccc12. The number of benzene rings is 2. The summed E-state index contributed by atoms with van der Waals surface area (Å²) in [5.41, 5.74) is 7.00. The normalized spacial score (nSPS) is 14.1. The third-order valence-electron chi connectivity index (χ3n) is 6.91. The Morgan fingerprint density at radius 3 is 2.29 bits per heavy atom. The van der Waals surface area contributed by atoms with E-state index >= 15 is 0 Å². The van der Waals surface area contributed by atoms with Gasteiger partial charge >= 0.3 is 0 Å². The van der Waals surface area contributed by atoms with E-state index in [0.29, 0.717) is 6.61 Å². The Morgan fingerprint density at radius 2 is 1.62 bits per heavy atom. The van der Waals surface area contributed by atoms with E-state index in [1.807, 2.05) is 0 Å². The van der Waals surface area contributed by atoms with E-state index in [0.717, 1.165) is 55.2 Å². The standard InChI is InChI=1S/C30H41N3O/c1-6-14-33(15-7-2)30-24(5)31-29(25-12-8-9-13-26(25)30)28-23(4)20-22(3)21-27(28)34-19-18-32-16-10-11-17-32/h8-9,12-13,20-21H,6-7,10-11,14-19H2,1-5H3. The van der Waals surface area contributed by atoms with Crippen LogP contribution in [0.15, 0.2) is 36.4 Å². The quantitative estimate of drug-likeness (QED) is 0.329. The number of ether oxygens (including phenoxy) is 1. The zero-order valence-electron chi connectivity index (χ0n) is 21.8. The molecule has 0 atom stereocenters. The van der Waals surface area contributed by atoms with Gasteiger partial charge in [0.2, 0.25) is 0 Å². The van der Waals surface area contributed by atoms with Crippen molar-refractivity contribution in [1.82, 2.24) is 9.88 Å². The summed E-state index contributed by atoms with van der Waals surface area (Å²) in [7, 11) is 0. The molecule has 4 nitrogen and oxygen atoms in total. The molecule has 0 saturated carbocycles. The van der Waals surface area contributed by atoms with Crippen LogP contribution in [0, 0.1) is 20.8 Å². The first-order valence-electron chi connectivity index (χ1n) is 13.1. The highest BCUT2D eigenvalue weighted by molar-refractivity contribution is 6.04. The largest absolute Gasteiger partial charge is 0.492 e. The molecule has 0 N–H and O–H groups in total.